The molecule has 2 aliphatic heterocycles. The van der Waals surface area contributed by atoms with E-state index in [-0.39, 0.29) is 27.7 Å². The lowest BCUT2D eigenvalue weighted by Gasteiger charge is -2.44. The first-order valence-corrected chi connectivity index (χ1v) is 14.0. The van der Waals surface area contributed by atoms with Gasteiger partial charge in [-0.1, -0.05) is 29.3 Å². The third-order valence-corrected chi connectivity index (χ3v) is 8.73. The van der Waals surface area contributed by atoms with Crippen LogP contribution in [0.3, 0.4) is 0 Å². The predicted octanol–water partition coefficient (Wildman–Crippen LogP) is 4.73. The van der Waals surface area contributed by atoms with Gasteiger partial charge in [-0.15, -0.1) is 0 Å². The van der Waals surface area contributed by atoms with Crippen LogP contribution in [0.4, 0.5) is 10.2 Å². The zero-order chi connectivity index (χ0) is 25.8. The summed E-state index contributed by atoms with van der Waals surface area (Å²) in [5.41, 5.74) is 8.85. The zero-order valence-electron chi connectivity index (χ0n) is 19.7. The van der Waals surface area contributed by atoms with E-state index in [4.69, 9.17) is 38.1 Å². The van der Waals surface area contributed by atoms with E-state index in [1.54, 1.807) is 19.4 Å². The van der Waals surface area contributed by atoms with Gasteiger partial charge in [-0.2, -0.15) is 4.31 Å². The Hall–Kier alpha value is -2.37. The number of sulfonamides is 1. The van der Waals surface area contributed by atoms with Gasteiger partial charge in [0, 0.05) is 54.6 Å². The van der Waals surface area contributed by atoms with Crippen molar-refractivity contribution >= 4 is 55.6 Å². The van der Waals surface area contributed by atoms with Gasteiger partial charge in [0.25, 0.3) is 0 Å². The number of pyridine rings is 1. The van der Waals surface area contributed by atoms with E-state index < -0.39 is 21.9 Å². The summed E-state index contributed by atoms with van der Waals surface area (Å²) in [4.78, 5) is 6.58. The molecule has 36 heavy (non-hydrogen) atoms. The Kier molecular flexibility index (Phi) is 6.67. The topological polar surface area (TPSA) is 102 Å². The number of hydrogen-bond donors (Lipinski definition) is 1. The van der Waals surface area contributed by atoms with Gasteiger partial charge in [0.15, 0.2) is 11.4 Å². The lowest BCUT2D eigenvalue weighted by molar-refractivity contribution is 0.0980. The van der Waals surface area contributed by atoms with E-state index >= 15 is 0 Å². The van der Waals surface area contributed by atoms with Gasteiger partial charge in [-0.25, -0.2) is 17.8 Å². The molecule has 4 heterocycles. The van der Waals surface area contributed by atoms with Crippen LogP contribution in [0.25, 0.3) is 16.5 Å². The van der Waals surface area contributed by atoms with Gasteiger partial charge in [-0.3, -0.25) is 4.90 Å². The molecule has 0 amide bonds. The van der Waals surface area contributed by atoms with Crippen LogP contribution >= 0.6 is 23.2 Å². The lowest BCUT2D eigenvalue weighted by atomic mass is 9.97. The molecular weight excluding hydrogens is 530 g/mol. The molecule has 0 aliphatic carbocycles. The second kappa shape index (κ2) is 9.50. The Balaban J connectivity index is 1.37. The van der Waals surface area contributed by atoms with Crippen LogP contribution in [-0.2, 0) is 10.0 Å². The minimum atomic E-state index is -3.13. The number of aromatic nitrogens is 1. The van der Waals surface area contributed by atoms with Gasteiger partial charge < -0.3 is 14.9 Å². The van der Waals surface area contributed by atoms with Crippen molar-refractivity contribution in [2.45, 2.75) is 25.5 Å². The van der Waals surface area contributed by atoms with Crippen LogP contribution in [-0.4, -0.2) is 61.1 Å². The Bertz CT molecular complexity index is 1470. The number of fused-ring (bicyclic) bond motifs is 1. The van der Waals surface area contributed by atoms with Crippen molar-refractivity contribution < 1.29 is 22.0 Å². The molecule has 1 aromatic carbocycles. The Morgan fingerprint density at radius 3 is 2.72 bits per heavy atom. The highest BCUT2D eigenvalue weighted by atomic mass is 35.5. The average molecular weight is 555 g/mol. The number of nitrogens with zero attached hydrogens (tertiary/aromatic N) is 3. The van der Waals surface area contributed by atoms with Crippen molar-refractivity contribution in [3.8, 4) is 5.75 Å². The molecule has 0 spiro atoms. The number of hydrogen-bond acceptors (Lipinski definition) is 7. The maximum absolute atomic E-state index is 14.0. The fourth-order valence-electron chi connectivity index (χ4n) is 4.67. The van der Waals surface area contributed by atoms with E-state index in [0.717, 1.165) is 29.5 Å². The first-order chi connectivity index (χ1) is 17.0. The monoisotopic (exact) mass is 554 g/mol. The number of rotatable bonds is 6. The van der Waals surface area contributed by atoms with Crippen molar-refractivity contribution in [3.05, 3.63) is 57.7 Å². The number of nitrogens with two attached hydrogens (primary N) is 1. The Morgan fingerprint density at radius 2 is 2.06 bits per heavy atom. The van der Waals surface area contributed by atoms with Crippen LogP contribution in [0.15, 0.2) is 35.1 Å². The van der Waals surface area contributed by atoms with E-state index in [9.17, 15) is 12.8 Å². The SMILES string of the molecule is C[C@@H](Oc1c(N)ncc2c(C3=CCN(C4CN(S(C)(=O)=O)C4)CC3)coc12)c1c(Cl)ccc(F)c1Cl. The second-order valence-corrected chi connectivity index (χ2v) is 11.9. The highest BCUT2D eigenvalue weighted by Gasteiger charge is 2.37. The first-order valence-electron chi connectivity index (χ1n) is 11.4. The molecule has 192 valence electrons. The fourth-order valence-corrected chi connectivity index (χ4v) is 6.24. The predicted molar refractivity (Wildman–Crippen MR) is 138 cm³/mol. The minimum Gasteiger partial charge on any atom is -0.478 e. The maximum Gasteiger partial charge on any atom is 0.211 e. The lowest BCUT2D eigenvalue weighted by Crippen LogP contribution is -2.61. The molecule has 1 fully saturated rings. The minimum absolute atomic E-state index is 0.114. The number of furan rings is 1. The normalized spacial score (nSPS) is 18.8. The first kappa shape index (κ1) is 25.3. The van der Waals surface area contributed by atoms with Gasteiger partial charge in [0.05, 0.1) is 22.9 Å². The molecule has 2 N–H and O–H groups in total. The summed E-state index contributed by atoms with van der Waals surface area (Å²) in [5.74, 6) is -0.237. The summed E-state index contributed by atoms with van der Waals surface area (Å²) in [6, 6.07) is 2.84. The van der Waals surface area contributed by atoms with E-state index in [1.807, 2.05) is 0 Å². The molecule has 12 heteroatoms. The van der Waals surface area contributed by atoms with E-state index in [0.29, 0.717) is 30.8 Å². The van der Waals surface area contributed by atoms with Gasteiger partial charge >= 0.3 is 0 Å². The van der Waals surface area contributed by atoms with Crippen LogP contribution < -0.4 is 10.5 Å². The van der Waals surface area contributed by atoms with Crippen molar-refractivity contribution in [1.82, 2.24) is 14.2 Å². The highest BCUT2D eigenvalue weighted by Crippen LogP contribution is 2.41. The van der Waals surface area contributed by atoms with Crippen LogP contribution in [0.2, 0.25) is 10.0 Å². The summed E-state index contributed by atoms with van der Waals surface area (Å²) < 4.78 is 50.8. The van der Waals surface area contributed by atoms with E-state index in [1.165, 1.54) is 22.7 Å². The number of nitrogen functional groups attached to an aromatic ring is 1. The Labute approximate surface area is 218 Å². The third kappa shape index (κ3) is 4.56. The number of anilines is 1. The van der Waals surface area contributed by atoms with Gasteiger partial charge in [0.1, 0.15) is 11.9 Å². The quantitative estimate of drug-likeness (QED) is 0.439. The molecule has 5 rings (SSSR count). The average Bonchev–Trinajstić information content (AvgIpc) is 3.21. The van der Waals surface area contributed by atoms with Crippen LogP contribution in [0, 0.1) is 5.82 Å². The molecular formula is C24H25Cl2FN4O4S. The molecule has 2 aliphatic rings. The third-order valence-electron chi connectivity index (χ3n) is 6.78. The van der Waals surface area contributed by atoms with Gasteiger partial charge in [0.2, 0.25) is 15.8 Å². The zero-order valence-corrected chi connectivity index (χ0v) is 22.0. The highest BCUT2D eigenvalue weighted by molar-refractivity contribution is 7.88. The summed E-state index contributed by atoms with van der Waals surface area (Å²) in [5, 5.41) is 0.905. The second-order valence-electron chi connectivity index (χ2n) is 9.09. The Morgan fingerprint density at radius 1 is 1.31 bits per heavy atom. The summed E-state index contributed by atoms with van der Waals surface area (Å²) in [6.07, 6.45) is 6.72. The number of benzene rings is 1. The van der Waals surface area contributed by atoms with Gasteiger partial charge in [-0.05, 0) is 31.1 Å². The number of halogens is 3. The van der Waals surface area contributed by atoms with Crippen LogP contribution in [0.1, 0.15) is 30.6 Å². The molecule has 3 aromatic rings. The van der Waals surface area contributed by atoms with Crippen molar-refractivity contribution in [2.75, 3.05) is 38.2 Å². The summed E-state index contributed by atoms with van der Waals surface area (Å²) in [7, 11) is -3.13. The molecule has 0 radical (unpaired) electrons. The molecule has 8 nitrogen and oxygen atoms in total. The number of ether oxygens (including phenoxy) is 1. The molecule has 0 bridgehead atoms. The molecule has 2 aromatic heterocycles. The molecule has 0 unspecified atom stereocenters. The fraction of sp³-hybridized carbons (Fsp3) is 0.375. The van der Waals surface area contributed by atoms with Crippen molar-refractivity contribution in [2.24, 2.45) is 0 Å². The molecule has 1 saturated heterocycles. The van der Waals surface area contributed by atoms with E-state index in [2.05, 4.69) is 16.0 Å². The summed E-state index contributed by atoms with van der Waals surface area (Å²) >= 11 is 12.4. The maximum atomic E-state index is 14.0. The van der Waals surface area contributed by atoms with Crippen molar-refractivity contribution in [1.29, 1.82) is 0 Å². The largest absolute Gasteiger partial charge is 0.478 e. The molecule has 1 atom stereocenters. The molecule has 0 saturated carbocycles. The smallest absolute Gasteiger partial charge is 0.211 e. The standard InChI is InChI=1S/C24H25Cl2FN4O4S/c1-13(20-18(25)3-4-19(27)21(20)26)35-23-22-16(9-29-24(23)28)17(12-34-22)14-5-7-30(8-6-14)15-10-31(11-15)36(2,32)33/h3-5,9,12-13,15H,6-8,10-11H2,1-2H3,(H2,28,29)/t13-/m1/s1. The van der Waals surface area contributed by atoms with Crippen molar-refractivity contribution in [3.63, 3.8) is 0 Å². The summed E-state index contributed by atoms with van der Waals surface area (Å²) in [6.45, 7) is 4.26. The van der Waals surface area contributed by atoms with Crippen LogP contribution in [0.5, 0.6) is 5.75 Å².